The molecular formula is C18H19FN4O3. The molecule has 0 bridgehead atoms. The summed E-state index contributed by atoms with van der Waals surface area (Å²) in [5.74, 6) is 0.478. The first-order chi connectivity index (χ1) is 12.5. The van der Waals surface area contributed by atoms with Gasteiger partial charge >= 0.3 is 5.69 Å². The van der Waals surface area contributed by atoms with E-state index in [1.165, 1.54) is 29.8 Å². The largest absolute Gasteiger partial charge is 0.358 e. The van der Waals surface area contributed by atoms with E-state index in [1.54, 1.807) is 13.1 Å². The number of anilines is 1. The van der Waals surface area contributed by atoms with Crippen molar-refractivity contribution in [3.63, 3.8) is 0 Å². The number of halogens is 1. The molecule has 26 heavy (non-hydrogen) atoms. The minimum Gasteiger partial charge on any atom is -0.358 e. The monoisotopic (exact) mass is 358 g/mol. The van der Waals surface area contributed by atoms with Crippen molar-refractivity contribution in [2.45, 2.75) is 18.8 Å². The maximum absolute atomic E-state index is 13.3. The lowest BCUT2D eigenvalue weighted by Crippen LogP contribution is -2.42. The SMILES string of the molecule is Cn1c(N2CCC(c3noc4cc(F)ccc34)CC2)cc(=O)n(C)c1=O. The summed E-state index contributed by atoms with van der Waals surface area (Å²) in [6.45, 7) is 1.39. The molecule has 7 nitrogen and oxygen atoms in total. The van der Waals surface area contributed by atoms with Crippen LogP contribution in [-0.2, 0) is 14.1 Å². The number of aromatic nitrogens is 3. The molecule has 0 amide bonds. The number of nitrogens with zero attached hydrogens (tertiary/aromatic N) is 4. The van der Waals surface area contributed by atoms with Crippen molar-refractivity contribution < 1.29 is 8.91 Å². The van der Waals surface area contributed by atoms with Gasteiger partial charge in [-0.15, -0.1) is 0 Å². The van der Waals surface area contributed by atoms with E-state index in [0.717, 1.165) is 28.5 Å². The Morgan fingerprint density at radius 1 is 1.12 bits per heavy atom. The second kappa shape index (κ2) is 6.12. The van der Waals surface area contributed by atoms with Crippen LogP contribution in [0.5, 0.6) is 0 Å². The first-order valence-corrected chi connectivity index (χ1v) is 8.52. The maximum Gasteiger partial charge on any atom is 0.332 e. The van der Waals surface area contributed by atoms with Crippen LogP contribution in [0.4, 0.5) is 10.2 Å². The van der Waals surface area contributed by atoms with E-state index in [2.05, 4.69) is 5.16 Å². The van der Waals surface area contributed by atoms with Gasteiger partial charge in [-0.1, -0.05) is 5.16 Å². The molecule has 3 heterocycles. The van der Waals surface area contributed by atoms with Crippen molar-refractivity contribution in [2.24, 2.45) is 14.1 Å². The van der Waals surface area contributed by atoms with Crippen molar-refractivity contribution in [1.29, 1.82) is 0 Å². The van der Waals surface area contributed by atoms with E-state index in [1.807, 2.05) is 4.90 Å². The Hall–Kier alpha value is -2.90. The van der Waals surface area contributed by atoms with Gasteiger partial charge in [-0.05, 0) is 25.0 Å². The van der Waals surface area contributed by atoms with Crippen LogP contribution >= 0.6 is 0 Å². The molecule has 0 saturated carbocycles. The molecule has 1 saturated heterocycles. The number of benzene rings is 1. The lowest BCUT2D eigenvalue weighted by atomic mass is 9.91. The van der Waals surface area contributed by atoms with E-state index in [4.69, 9.17) is 4.52 Å². The number of rotatable bonds is 2. The van der Waals surface area contributed by atoms with Gasteiger partial charge in [0.2, 0.25) is 0 Å². The summed E-state index contributed by atoms with van der Waals surface area (Å²) >= 11 is 0. The van der Waals surface area contributed by atoms with Gasteiger partial charge in [0.05, 0.1) is 5.69 Å². The third-order valence-electron chi connectivity index (χ3n) is 5.17. The lowest BCUT2D eigenvalue weighted by Gasteiger charge is -2.33. The van der Waals surface area contributed by atoms with E-state index in [-0.39, 0.29) is 23.0 Å². The predicted molar refractivity (Wildman–Crippen MR) is 95.1 cm³/mol. The van der Waals surface area contributed by atoms with E-state index < -0.39 is 0 Å². The average molecular weight is 358 g/mol. The van der Waals surface area contributed by atoms with Gasteiger partial charge in [-0.2, -0.15) is 0 Å². The summed E-state index contributed by atoms with van der Waals surface area (Å²) < 4.78 is 21.2. The zero-order chi connectivity index (χ0) is 18.4. The van der Waals surface area contributed by atoms with Gasteiger partial charge in [-0.25, -0.2) is 9.18 Å². The molecule has 0 N–H and O–H groups in total. The minimum atomic E-state index is -0.346. The molecule has 1 aliphatic heterocycles. The third-order valence-corrected chi connectivity index (χ3v) is 5.17. The van der Waals surface area contributed by atoms with Crippen molar-refractivity contribution in [2.75, 3.05) is 18.0 Å². The molecule has 0 unspecified atom stereocenters. The Kier molecular flexibility index (Phi) is 3.90. The second-order valence-electron chi connectivity index (χ2n) is 6.71. The highest BCUT2D eigenvalue weighted by Gasteiger charge is 2.26. The van der Waals surface area contributed by atoms with Crippen LogP contribution in [0, 0.1) is 5.82 Å². The van der Waals surface area contributed by atoms with Crippen molar-refractivity contribution in [3.05, 3.63) is 56.6 Å². The Bertz CT molecular complexity index is 1090. The second-order valence-corrected chi connectivity index (χ2v) is 6.71. The fourth-order valence-electron chi connectivity index (χ4n) is 3.63. The molecule has 136 valence electrons. The van der Waals surface area contributed by atoms with Crippen molar-refractivity contribution in [3.8, 4) is 0 Å². The van der Waals surface area contributed by atoms with Crippen LogP contribution in [0.15, 0.2) is 38.4 Å². The molecule has 1 aliphatic rings. The van der Waals surface area contributed by atoms with E-state index in [9.17, 15) is 14.0 Å². The van der Waals surface area contributed by atoms with Crippen LogP contribution in [0.1, 0.15) is 24.5 Å². The molecule has 3 aromatic rings. The van der Waals surface area contributed by atoms with Gasteiger partial charge in [0.15, 0.2) is 5.58 Å². The summed E-state index contributed by atoms with van der Waals surface area (Å²) in [7, 11) is 3.14. The molecule has 4 rings (SSSR count). The third kappa shape index (κ3) is 2.61. The summed E-state index contributed by atoms with van der Waals surface area (Å²) in [6, 6.07) is 5.95. The minimum absolute atomic E-state index is 0.196. The highest BCUT2D eigenvalue weighted by atomic mass is 19.1. The fourth-order valence-corrected chi connectivity index (χ4v) is 3.63. The molecule has 8 heteroatoms. The first kappa shape index (κ1) is 16.6. The van der Waals surface area contributed by atoms with Gasteiger partial charge in [-0.3, -0.25) is 13.9 Å². The zero-order valence-corrected chi connectivity index (χ0v) is 14.6. The Morgan fingerprint density at radius 2 is 1.85 bits per heavy atom. The quantitative estimate of drug-likeness (QED) is 0.698. The lowest BCUT2D eigenvalue weighted by molar-refractivity contribution is 0.414. The Labute approximate surface area is 148 Å². The molecule has 1 fully saturated rings. The summed E-state index contributed by atoms with van der Waals surface area (Å²) in [4.78, 5) is 26.1. The fraction of sp³-hybridized carbons (Fsp3) is 0.389. The van der Waals surface area contributed by atoms with Gasteiger partial charge in [0, 0.05) is 50.6 Å². The van der Waals surface area contributed by atoms with Crippen LogP contribution < -0.4 is 16.1 Å². The maximum atomic E-state index is 13.3. The molecule has 2 aromatic heterocycles. The first-order valence-electron chi connectivity index (χ1n) is 8.52. The topological polar surface area (TPSA) is 73.3 Å². The molecule has 0 spiro atoms. The van der Waals surface area contributed by atoms with E-state index in [0.29, 0.717) is 24.5 Å². The summed E-state index contributed by atoms with van der Waals surface area (Å²) in [5.41, 5.74) is 0.655. The molecule has 0 radical (unpaired) electrons. The summed E-state index contributed by atoms with van der Waals surface area (Å²) in [6.07, 6.45) is 1.62. The van der Waals surface area contributed by atoms with Crippen LogP contribution in [-0.4, -0.2) is 27.4 Å². The number of piperidine rings is 1. The Balaban J connectivity index is 1.58. The van der Waals surface area contributed by atoms with Crippen molar-refractivity contribution in [1.82, 2.24) is 14.3 Å². The molecule has 0 aliphatic carbocycles. The summed E-state index contributed by atoms with van der Waals surface area (Å²) in [5, 5.41) is 4.99. The molecular weight excluding hydrogens is 339 g/mol. The van der Waals surface area contributed by atoms with Gasteiger partial charge in [0.1, 0.15) is 11.6 Å². The predicted octanol–water partition coefficient (Wildman–Crippen LogP) is 1.75. The zero-order valence-electron chi connectivity index (χ0n) is 14.6. The standard InChI is InChI=1S/C18H19FN4O3/c1-21-15(10-16(24)22(2)18(21)25)23-7-5-11(6-8-23)17-13-4-3-12(19)9-14(13)26-20-17/h3-4,9-11H,5-8H2,1-2H3. The highest BCUT2D eigenvalue weighted by Crippen LogP contribution is 2.33. The number of hydrogen-bond acceptors (Lipinski definition) is 5. The normalized spacial score (nSPS) is 15.7. The van der Waals surface area contributed by atoms with Gasteiger partial charge in [0.25, 0.3) is 5.56 Å². The van der Waals surface area contributed by atoms with Crippen LogP contribution in [0.3, 0.4) is 0 Å². The van der Waals surface area contributed by atoms with Crippen LogP contribution in [0.2, 0.25) is 0 Å². The number of hydrogen-bond donors (Lipinski definition) is 0. The van der Waals surface area contributed by atoms with Crippen LogP contribution in [0.25, 0.3) is 11.0 Å². The number of fused-ring (bicyclic) bond motifs is 1. The van der Waals surface area contributed by atoms with E-state index >= 15 is 0 Å². The highest BCUT2D eigenvalue weighted by molar-refractivity contribution is 5.80. The smallest absolute Gasteiger partial charge is 0.332 e. The molecule has 1 aromatic carbocycles. The van der Waals surface area contributed by atoms with Gasteiger partial charge < -0.3 is 9.42 Å². The molecule has 0 atom stereocenters. The van der Waals surface area contributed by atoms with Crippen molar-refractivity contribution >= 4 is 16.8 Å². The average Bonchev–Trinajstić information content (AvgIpc) is 3.06. The Morgan fingerprint density at radius 3 is 2.58 bits per heavy atom.